The predicted octanol–water partition coefficient (Wildman–Crippen LogP) is 3.44. The number of amides is 1. The van der Waals surface area contributed by atoms with Crippen LogP contribution >= 0.6 is 11.6 Å². The van der Waals surface area contributed by atoms with Crippen LogP contribution in [0.15, 0.2) is 36.5 Å². The van der Waals surface area contributed by atoms with Crippen LogP contribution < -0.4 is 4.74 Å². The largest absolute Gasteiger partial charge is 0.496 e. The monoisotopic (exact) mass is 428 g/mol. The second-order valence-corrected chi connectivity index (χ2v) is 7.91. The number of rotatable bonds is 7. The number of imidazole rings is 1. The number of hydrogen-bond donors (Lipinski definition) is 0. The van der Waals surface area contributed by atoms with E-state index in [1.807, 2.05) is 17.0 Å². The van der Waals surface area contributed by atoms with Gasteiger partial charge in [0.05, 0.1) is 19.3 Å². The maximum atomic E-state index is 13.1. The van der Waals surface area contributed by atoms with Crippen molar-refractivity contribution in [3.63, 3.8) is 0 Å². The molecular formula is C22H25ClN4O3. The number of ether oxygens (including phenoxy) is 2. The van der Waals surface area contributed by atoms with E-state index in [0.717, 1.165) is 29.8 Å². The molecule has 1 atom stereocenters. The van der Waals surface area contributed by atoms with E-state index in [4.69, 9.17) is 26.1 Å². The Hall–Kier alpha value is -2.64. The number of likely N-dealkylation sites (tertiary alicyclic amines) is 1. The minimum Gasteiger partial charge on any atom is -0.496 e. The van der Waals surface area contributed by atoms with Crippen molar-refractivity contribution >= 4 is 28.7 Å². The van der Waals surface area contributed by atoms with Gasteiger partial charge in [0, 0.05) is 44.4 Å². The van der Waals surface area contributed by atoms with Gasteiger partial charge < -0.3 is 18.9 Å². The first-order chi connectivity index (χ1) is 14.6. The van der Waals surface area contributed by atoms with Gasteiger partial charge in [0.1, 0.15) is 17.1 Å². The highest BCUT2D eigenvalue weighted by Gasteiger charge is 2.30. The molecule has 0 N–H and O–H groups in total. The number of methoxy groups -OCH3 is 2. The summed E-state index contributed by atoms with van der Waals surface area (Å²) in [5, 5.41) is 0.522. The van der Waals surface area contributed by atoms with Gasteiger partial charge in [-0.15, -0.1) is 0 Å². The summed E-state index contributed by atoms with van der Waals surface area (Å²) in [6, 6.07) is 9.00. The number of nitrogens with zero attached hydrogens (tertiary/aromatic N) is 4. The molecule has 1 amide bonds. The standard InChI is InChI=1S/C22H25ClN4O3/c1-29-11-10-27-20(25-18-4-3-8-24-21(18)27)12-15-7-9-26(14-15)22(28)17-13-16(23)5-6-19(17)30-2/h3-6,8,13,15H,7,9-12,14H2,1-2H3. The molecule has 2 aromatic heterocycles. The van der Waals surface area contributed by atoms with Crippen molar-refractivity contribution in [1.29, 1.82) is 0 Å². The number of carbonyl (C=O) groups is 1. The fourth-order valence-corrected chi connectivity index (χ4v) is 4.21. The molecule has 1 unspecified atom stereocenters. The molecule has 1 saturated heterocycles. The summed E-state index contributed by atoms with van der Waals surface area (Å²) in [4.78, 5) is 24.2. The predicted molar refractivity (Wildman–Crippen MR) is 115 cm³/mol. The van der Waals surface area contributed by atoms with Crippen LogP contribution in [0.2, 0.25) is 5.02 Å². The molecule has 1 aromatic carbocycles. The topological polar surface area (TPSA) is 69.5 Å². The molecule has 7 nitrogen and oxygen atoms in total. The molecule has 0 spiro atoms. The fourth-order valence-electron chi connectivity index (χ4n) is 4.04. The molecule has 1 aliphatic heterocycles. The zero-order valence-electron chi connectivity index (χ0n) is 17.2. The van der Waals surface area contributed by atoms with Crippen molar-refractivity contribution in [3.8, 4) is 5.75 Å². The van der Waals surface area contributed by atoms with Crippen LogP contribution in [0.1, 0.15) is 22.6 Å². The summed E-state index contributed by atoms with van der Waals surface area (Å²) in [6.07, 6.45) is 3.50. The molecule has 1 fully saturated rings. The Bertz CT molecular complexity index is 1050. The van der Waals surface area contributed by atoms with E-state index in [1.54, 1.807) is 38.6 Å². The van der Waals surface area contributed by atoms with Crippen LogP contribution in [0.5, 0.6) is 5.75 Å². The smallest absolute Gasteiger partial charge is 0.257 e. The second-order valence-electron chi connectivity index (χ2n) is 7.47. The summed E-state index contributed by atoms with van der Waals surface area (Å²) in [5.41, 5.74) is 2.26. The molecule has 3 aromatic rings. The molecule has 0 aliphatic carbocycles. The lowest BCUT2D eigenvalue weighted by molar-refractivity contribution is 0.0783. The minimum atomic E-state index is -0.0496. The van der Waals surface area contributed by atoms with Gasteiger partial charge in [0.2, 0.25) is 0 Å². The Kier molecular flexibility index (Phi) is 6.20. The van der Waals surface area contributed by atoms with Crippen molar-refractivity contribution in [1.82, 2.24) is 19.4 Å². The average molecular weight is 429 g/mol. The van der Waals surface area contributed by atoms with Gasteiger partial charge in [0.25, 0.3) is 5.91 Å². The van der Waals surface area contributed by atoms with Crippen molar-refractivity contribution in [2.45, 2.75) is 19.4 Å². The van der Waals surface area contributed by atoms with Crippen molar-refractivity contribution < 1.29 is 14.3 Å². The van der Waals surface area contributed by atoms with Gasteiger partial charge in [-0.1, -0.05) is 11.6 Å². The molecule has 1 aliphatic rings. The Morgan fingerprint density at radius 2 is 2.17 bits per heavy atom. The quantitative estimate of drug-likeness (QED) is 0.576. The lowest BCUT2D eigenvalue weighted by Gasteiger charge is -2.18. The maximum Gasteiger partial charge on any atom is 0.257 e. The molecule has 0 saturated carbocycles. The van der Waals surface area contributed by atoms with Crippen LogP contribution in [0, 0.1) is 5.92 Å². The van der Waals surface area contributed by atoms with Crippen molar-refractivity contribution in [2.24, 2.45) is 5.92 Å². The summed E-state index contributed by atoms with van der Waals surface area (Å²) in [5.74, 6) is 1.81. The Morgan fingerprint density at radius 3 is 2.97 bits per heavy atom. The molecular weight excluding hydrogens is 404 g/mol. The Balaban J connectivity index is 1.51. The van der Waals surface area contributed by atoms with Crippen molar-refractivity contribution in [3.05, 3.63) is 52.9 Å². The molecule has 4 rings (SSSR count). The molecule has 0 bridgehead atoms. The van der Waals surface area contributed by atoms with Gasteiger partial charge in [-0.3, -0.25) is 4.79 Å². The summed E-state index contributed by atoms with van der Waals surface area (Å²) >= 11 is 6.10. The first kappa shape index (κ1) is 20.6. The lowest BCUT2D eigenvalue weighted by atomic mass is 10.0. The van der Waals surface area contributed by atoms with E-state index in [-0.39, 0.29) is 5.91 Å². The highest BCUT2D eigenvalue weighted by atomic mass is 35.5. The summed E-state index contributed by atoms with van der Waals surface area (Å²) in [7, 11) is 3.25. The van der Waals surface area contributed by atoms with Crippen LogP contribution in [0.4, 0.5) is 0 Å². The Labute approximate surface area is 180 Å². The first-order valence-corrected chi connectivity index (χ1v) is 10.4. The van der Waals surface area contributed by atoms with Crippen molar-refractivity contribution in [2.75, 3.05) is 33.9 Å². The summed E-state index contributed by atoms with van der Waals surface area (Å²) in [6.45, 7) is 2.68. The van der Waals surface area contributed by atoms with Gasteiger partial charge in [-0.05, 0) is 42.7 Å². The van der Waals surface area contributed by atoms with Gasteiger partial charge in [-0.2, -0.15) is 0 Å². The maximum absolute atomic E-state index is 13.1. The van der Waals surface area contributed by atoms with Crippen LogP contribution in [-0.4, -0.2) is 59.3 Å². The number of benzene rings is 1. The second kappa shape index (κ2) is 9.02. The summed E-state index contributed by atoms with van der Waals surface area (Å²) < 4.78 is 12.7. The number of carbonyl (C=O) groups excluding carboxylic acids is 1. The highest BCUT2D eigenvalue weighted by Crippen LogP contribution is 2.28. The zero-order valence-corrected chi connectivity index (χ0v) is 17.9. The van der Waals surface area contributed by atoms with E-state index in [1.165, 1.54) is 0 Å². The third-order valence-electron chi connectivity index (χ3n) is 5.54. The van der Waals surface area contributed by atoms with Gasteiger partial charge in [0.15, 0.2) is 5.65 Å². The number of hydrogen-bond acceptors (Lipinski definition) is 5. The van der Waals surface area contributed by atoms with Crippen LogP contribution in [0.25, 0.3) is 11.2 Å². The van der Waals surface area contributed by atoms with Gasteiger partial charge >= 0.3 is 0 Å². The SMILES string of the molecule is COCCn1c(CC2CCN(C(=O)c3cc(Cl)ccc3OC)C2)nc2cccnc21. The normalized spacial score (nSPS) is 16.4. The van der Waals surface area contributed by atoms with E-state index in [9.17, 15) is 4.79 Å². The van der Waals surface area contributed by atoms with E-state index < -0.39 is 0 Å². The molecule has 158 valence electrons. The molecule has 0 radical (unpaired) electrons. The van der Waals surface area contributed by atoms with Crippen LogP contribution in [0.3, 0.4) is 0 Å². The van der Waals surface area contributed by atoms with Gasteiger partial charge in [-0.25, -0.2) is 9.97 Å². The fraction of sp³-hybridized carbons (Fsp3) is 0.409. The number of fused-ring (bicyclic) bond motifs is 1. The third-order valence-corrected chi connectivity index (χ3v) is 5.77. The number of pyridine rings is 1. The molecule has 30 heavy (non-hydrogen) atoms. The third kappa shape index (κ3) is 4.13. The first-order valence-electron chi connectivity index (χ1n) is 10.0. The molecule has 8 heteroatoms. The highest BCUT2D eigenvalue weighted by molar-refractivity contribution is 6.31. The van der Waals surface area contributed by atoms with E-state index >= 15 is 0 Å². The number of halogens is 1. The van der Waals surface area contributed by atoms with E-state index in [0.29, 0.717) is 48.5 Å². The Morgan fingerprint density at radius 1 is 1.30 bits per heavy atom. The zero-order chi connectivity index (χ0) is 21.1. The van der Waals surface area contributed by atoms with E-state index in [2.05, 4.69) is 9.55 Å². The van der Waals surface area contributed by atoms with Crippen LogP contribution in [-0.2, 0) is 17.7 Å². The molecule has 3 heterocycles. The lowest BCUT2D eigenvalue weighted by Crippen LogP contribution is -2.29. The minimum absolute atomic E-state index is 0.0496. The number of aromatic nitrogens is 3. The average Bonchev–Trinajstić information content (AvgIpc) is 3.36.